The van der Waals surface area contributed by atoms with E-state index in [-0.39, 0.29) is 42.2 Å². The summed E-state index contributed by atoms with van der Waals surface area (Å²) in [5.74, 6) is 1.60. The van der Waals surface area contributed by atoms with E-state index in [1.165, 1.54) is 10.9 Å². The van der Waals surface area contributed by atoms with Crippen molar-refractivity contribution in [2.24, 2.45) is 29.4 Å². The highest BCUT2D eigenvalue weighted by Crippen LogP contribution is 2.57. The molecule has 11 nitrogen and oxygen atoms in total. The first-order chi connectivity index (χ1) is 20.4. The number of para-hydroxylation sites is 1. The van der Waals surface area contributed by atoms with Crippen LogP contribution in [0.15, 0.2) is 42.6 Å². The number of aromatic nitrogens is 2. The highest BCUT2D eigenvalue weighted by Gasteiger charge is 2.57. The Balaban J connectivity index is 1.26. The molecule has 0 radical (unpaired) electrons. The number of nitrogens with one attached hydrogen (secondary N) is 2. The van der Waals surface area contributed by atoms with Crippen LogP contribution in [0.4, 0.5) is 4.79 Å². The summed E-state index contributed by atoms with van der Waals surface area (Å²) in [6.45, 7) is 8.07. The molecule has 6 rings (SSSR count). The minimum Gasteiger partial charge on any atom is -0.484 e. The lowest BCUT2D eigenvalue weighted by Gasteiger charge is -2.58. The molecule has 2 atom stereocenters. The second-order valence-corrected chi connectivity index (χ2v) is 13.3. The maximum atomic E-state index is 13.7. The van der Waals surface area contributed by atoms with Crippen molar-refractivity contribution < 1.29 is 28.6 Å². The van der Waals surface area contributed by atoms with Gasteiger partial charge in [0.05, 0.1) is 18.3 Å². The van der Waals surface area contributed by atoms with E-state index in [1.807, 2.05) is 45.9 Å². The Hall–Kier alpha value is -4.02. The smallest absolute Gasteiger partial charge is 0.405 e. The molecular formula is C32H43N5O6. The van der Waals surface area contributed by atoms with Crippen LogP contribution >= 0.6 is 0 Å². The summed E-state index contributed by atoms with van der Waals surface area (Å²) >= 11 is 0. The number of nitrogens with zero attached hydrogens (tertiary/aromatic N) is 2. The van der Waals surface area contributed by atoms with Crippen LogP contribution in [-0.2, 0) is 9.53 Å². The molecule has 0 saturated heterocycles. The van der Waals surface area contributed by atoms with E-state index in [0.29, 0.717) is 42.6 Å². The van der Waals surface area contributed by atoms with Crippen LogP contribution in [-0.4, -0.2) is 58.1 Å². The number of carbonyl (C=O) groups is 3. The largest absolute Gasteiger partial charge is 0.484 e. The van der Waals surface area contributed by atoms with Crippen molar-refractivity contribution in [3.63, 3.8) is 0 Å². The molecule has 1 aromatic heterocycles. The molecule has 1 heterocycles. The molecule has 43 heavy (non-hydrogen) atoms. The van der Waals surface area contributed by atoms with Crippen LogP contribution in [0.3, 0.4) is 0 Å². The average molecular weight is 594 g/mol. The molecular weight excluding hydrogens is 550 g/mol. The molecule has 4 aliphatic carbocycles. The van der Waals surface area contributed by atoms with Crippen molar-refractivity contribution >= 4 is 24.1 Å². The van der Waals surface area contributed by atoms with E-state index in [9.17, 15) is 14.4 Å². The first kappa shape index (κ1) is 30.4. The minimum atomic E-state index is -0.732. The van der Waals surface area contributed by atoms with Gasteiger partial charge >= 0.3 is 6.09 Å². The third-order valence-electron chi connectivity index (χ3n) is 8.59. The second kappa shape index (κ2) is 12.3. The third-order valence-corrected chi connectivity index (χ3v) is 8.59. The number of carbonyl (C=O) groups excluding carboxylic acids is 3. The SMILES string of the molecule is CC(C)COc1c(C(=O)N[C@H]2C3CC4CC2C[C@](OC(N)=O)(C4)C3)cnn1/C=C/C(C)(C)NC(=O)COc1ccccc1. The van der Waals surface area contributed by atoms with E-state index in [4.69, 9.17) is 19.9 Å². The number of amides is 3. The van der Waals surface area contributed by atoms with Crippen LogP contribution in [0, 0.1) is 23.7 Å². The maximum absolute atomic E-state index is 13.7. The number of benzene rings is 1. The topological polar surface area (TPSA) is 147 Å². The Labute approximate surface area is 252 Å². The van der Waals surface area contributed by atoms with Gasteiger partial charge in [-0.1, -0.05) is 32.0 Å². The Morgan fingerprint density at radius 1 is 1.12 bits per heavy atom. The second-order valence-electron chi connectivity index (χ2n) is 13.3. The predicted octanol–water partition coefficient (Wildman–Crippen LogP) is 4.13. The van der Waals surface area contributed by atoms with Crippen molar-refractivity contribution in [3.8, 4) is 11.6 Å². The molecule has 4 N–H and O–H groups in total. The fraction of sp³-hybridized carbons (Fsp3) is 0.562. The van der Waals surface area contributed by atoms with Gasteiger partial charge in [-0.2, -0.15) is 5.10 Å². The average Bonchev–Trinajstić information content (AvgIpc) is 3.34. The van der Waals surface area contributed by atoms with Gasteiger partial charge in [0.1, 0.15) is 16.9 Å². The van der Waals surface area contributed by atoms with Gasteiger partial charge in [0, 0.05) is 12.2 Å². The zero-order valence-corrected chi connectivity index (χ0v) is 25.4. The fourth-order valence-electron chi connectivity index (χ4n) is 7.11. The molecule has 11 heteroatoms. The molecule has 4 bridgehead atoms. The lowest BCUT2D eigenvalue weighted by molar-refractivity contribution is -0.137. The van der Waals surface area contributed by atoms with Crippen molar-refractivity contribution in [2.75, 3.05) is 13.2 Å². The van der Waals surface area contributed by atoms with Gasteiger partial charge in [-0.05, 0) is 87.8 Å². The zero-order chi connectivity index (χ0) is 30.8. The Morgan fingerprint density at radius 2 is 1.81 bits per heavy atom. The van der Waals surface area contributed by atoms with Crippen LogP contribution < -0.4 is 25.8 Å². The number of ether oxygens (including phenoxy) is 3. The van der Waals surface area contributed by atoms with Gasteiger partial charge in [-0.25, -0.2) is 9.48 Å². The van der Waals surface area contributed by atoms with Gasteiger partial charge in [-0.3, -0.25) is 9.59 Å². The highest BCUT2D eigenvalue weighted by molar-refractivity contribution is 5.96. The summed E-state index contributed by atoms with van der Waals surface area (Å²) in [5, 5.41) is 10.7. The molecule has 2 unspecified atom stereocenters. The van der Waals surface area contributed by atoms with Gasteiger partial charge in [0.15, 0.2) is 6.61 Å². The molecule has 0 spiro atoms. The van der Waals surface area contributed by atoms with E-state index < -0.39 is 17.2 Å². The monoisotopic (exact) mass is 593 g/mol. The maximum Gasteiger partial charge on any atom is 0.405 e. The Kier molecular flexibility index (Phi) is 8.71. The molecule has 4 saturated carbocycles. The van der Waals surface area contributed by atoms with Crippen molar-refractivity contribution in [1.82, 2.24) is 20.4 Å². The first-order valence-corrected chi connectivity index (χ1v) is 15.1. The quantitative estimate of drug-likeness (QED) is 0.335. The summed E-state index contributed by atoms with van der Waals surface area (Å²) in [6.07, 6.45) is 8.56. The summed E-state index contributed by atoms with van der Waals surface area (Å²) in [6, 6.07) is 9.14. The number of primary amides is 1. The van der Waals surface area contributed by atoms with E-state index in [2.05, 4.69) is 15.7 Å². The summed E-state index contributed by atoms with van der Waals surface area (Å²) < 4.78 is 18.8. The fourth-order valence-corrected chi connectivity index (χ4v) is 7.11. The molecule has 4 aliphatic rings. The molecule has 4 fully saturated rings. The molecule has 0 aliphatic heterocycles. The highest BCUT2D eigenvalue weighted by atomic mass is 16.6. The number of nitrogens with two attached hydrogens (primary N) is 1. The first-order valence-electron chi connectivity index (χ1n) is 15.1. The van der Waals surface area contributed by atoms with E-state index >= 15 is 0 Å². The minimum absolute atomic E-state index is 0.0160. The zero-order valence-electron chi connectivity index (χ0n) is 25.4. The predicted molar refractivity (Wildman–Crippen MR) is 160 cm³/mol. The van der Waals surface area contributed by atoms with Crippen molar-refractivity contribution in [1.29, 1.82) is 0 Å². The van der Waals surface area contributed by atoms with Gasteiger partial charge in [0.2, 0.25) is 5.88 Å². The van der Waals surface area contributed by atoms with Crippen molar-refractivity contribution in [2.45, 2.75) is 77.0 Å². The van der Waals surface area contributed by atoms with E-state index in [1.54, 1.807) is 24.4 Å². The standard InChI is InChI=1S/C32H43N5O6/c1-20(2)18-42-29-25(28(39)35-27-22-12-21-13-23(27)16-32(14-21,15-22)43-30(33)40)17-34-37(29)11-10-31(3,4)36-26(38)19-41-24-8-6-5-7-9-24/h5-11,17,20-23,27H,12-16,18-19H2,1-4H3,(H2,33,40)(H,35,39)(H,36,38)/b11-10+/t21?,22?,23?,27-,32-. The van der Waals surface area contributed by atoms with Crippen molar-refractivity contribution in [3.05, 3.63) is 48.2 Å². The number of hydrogen-bond acceptors (Lipinski definition) is 7. The normalized spacial score (nSPS) is 26.0. The Morgan fingerprint density at radius 3 is 2.47 bits per heavy atom. The van der Waals surface area contributed by atoms with Crippen LogP contribution in [0.25, 0.3) is 6.20 Å². The lowest BCUT2D eigenvalue weighted by atomic mass is 9.52. The van der Waals surface area contributed by atoms with Crippen LogP contribution in [0.1, 0.15) is 70.2 Å². The summed E-state index contributed by atoms with van der Waals surface area (Å²) in [5.41, 5.74) is 4.51. The Bertz CT molecular complexity index is 1340. The van der Waals surface area contributed by atoms with Crippen LogP contribution in [0.5, 0.6) is 11.6 Å². The number of rotatable bonds is 12. The van der Waals surface area contributed by atoms with Gasteiger partial charge in [-0.15, -0.1) is 0 Å². The van der Waals surface area contributed by atoms with E-state index in [0.717, 1.165) is 19.3 Å². The molecule has 232 valence electrons. The molecule has 2 aromatic rings. The van der Waals surface area contributed by atoms with Crippen LogP contribution in [0.2, 0.25) is 0 Å². The third kappa shape index (κ3) is 7.32. The number of hydrogen-bond donors (Lipinski definition) is 3. The summed E-state index contributed by atoms with van der Waals surface area (Å²) in [7, 11) is 0. The lowest BCUT2D eigenvalue weighted by Crippen LogP contribution is -2.63. The molecule has 1 aromatic carbocycles. The molecule has 3 amide bonds. The summed E-state index contributed by atoms with van der Waals surface area (Å²) in [4.78, 5) is 37.8. The van der Waals surface area contributed by atoms with Gasteiger partial charge < -0.3 is 30.6 Å². The van der Waals surface area contributed by atoms with Gasteiger partial charge in [0.25, 0.3) is 11.8 Å².